The number of hydrogen-bond acceptors (Lipinski definition) is 1. The minimum atomic E-state index is -0.0552. The zero-order valence-electron chi connectivity index (χ0n) is 12.6. The number of nitrogens with zero attached hydrogens (tertiary/aromatic N) is 2. The Morgan fingerprint density at radius 1 is 0.708 bits per heavy atom. The summed E-state index contributed by atoms with van der Waals surface area (Å²) in [5.41, 5.74) is 4.84. The molecule has 3 rings (SSSR count). The highest BCUT2D eigenvalue weighted by atomic mass is 31.1. The normalized spacial score (nSPS) is 10.1. The van der Waals surface area contributed by atoms with Crippen LogP contribution in [0, 0.1) is 13.1 Å². The largest absolute Gasteiger partial charge is 0.269 e. The van der Waals surface area contributed by atoms with Crippen molar-refractivity contribution in [3.05, 3.63) is 89.6 Å². The topological polar surface area (TPSA) is 25.8 Å². The van der Waals surface area contributed by atoms with Crippen LogP contribution in [0.25, 0.3) is 31.9 Å². The van der Waals surface area contributed by atoms with Gasteiger partial charge in [-0.25, -0.2) is 9.69 Å². The lowest BCUT2D eigenvalue weighted by molar-refractivity contribution is 0.603. The summed E-state index contributed by atoms with van der Waals surface area (Å²) < 4.78 is 11.6. The number of benzene rings is 3. The zero-order chi connectivity index (χ0) is 16.9. The molecule has 3 aromatic carbocycles. The van der Waals surface area contributed by atoms with E-state index in [4.69, 9.17) is 13.1 Å². The Labute approximate surface area is 142 Å². The van der Waals surface area contributed by atoms with Crippen molar-refractivity contribution in [1.82, 2.24) is 0 Å². The van der Waals surface area contributed by atoms with Gasteiger partial charge in [0.05, 0.1) is 18.4 Å². The maximum atomic E-state index is 11.6. The van der Waals surface area contributed by atoms with Crippen molar-refractivity contribution in [2.75, 3.05) is 0 Å². The zero-order valence-corrected chi connectivity index (χ0v) is 13.5. The summed E-state index contributed by atoms with van der Waals surface area (Å²) in [6.45, 7) is 14.1. The van der Waals surface area contributed by atoms with E-state index in [1.165, 1.54) is 0 Å². The molecule has 112 valence electrons. The Balaban J connectivity index is 2.21. The fraction of sp³-hybridized carbons (Fsp3) is 0. The van der Waals surface area contributed by atoms with E-state index in [1.807, 2.05) is 42.5 Å². The molecule has 3 aromatic rings. The van der Waals surface area contributed by atoms with Crippen molar-refractivity contribution < 1.29 is 4.57 Å². The van der Waals surface area contributed by atoms with Crippen LogP contribution in [-0.2, 0) is 4.57 Å². The molecule has 0 aliphatic rings. The lowest BCUT2D eigenvalue weighted by Gasteiger charge is -2.12. The molecule has 0 atom stereocenters. The molecule has 4 heteroatoms. The van der Waals surface area contributed by atoms with Crippen molar-refractivity contribution in [3.63, 3.8) is 0 Å². The predicted octanol–water partition coefficient (Wildman–Crippen LogP) is 6.04. The first-order chi connectivity index (χ1) is 11.8. The summed E-state index contributed by atoms with van der Waals surface area (Å²) in [6.07, 6.45) is 0. The highest BCUT2D eigenvalue weighted by Gasteiger charge is 2.12. The maximum absolute atomic E-state index is 11.6. The van der Waals surface area contributed by atoms with Crippen LogP contribution in [0.15, 0.2) is 66.7 Å². The molecule has 0 aromatic heterocycles. The van der Waals surface area contributed by atoms with Crippen LogP contribution in [0.5, 0.6) is 0 Å². The number of rotatable bonds is 3. The Morgan fingerprint density at radius 3 is 1.75 bits per heavy atom. The van der Waals surface area contributed by atoms with E-state index >= 15 is 0 Å². The highest BCUT2D eigenvalue weighted by molar-refractivity contribution is 7.34. The lowest BCUT2D eigenvalue weighted by Crippen LogP contribution is -2.00. The van der Waals surface area contributed by atoms with Gasteiger partial charge in [-0.15, -0.1) is 0 Å². The molecule has 0 radical (unpaired) electrons. The molecule has 0 amide bonds. The quantitative estimate of drug-likeness (QED) is 0.425. The van der Waals surface area contributed by atoms with Gasteiger partial charge in [0.1, 0.15) is 0 Å². The van der Waals surface area contributed by atoms with E-state index in [2.05, 4.69) is 9.69 Å². The van der Waals surface area contributed by atoms with Gasteiger partial charge in [-0.2, -0.15) is 0 Å². The molecule has 0 aliphatic heterocycles. The average molecular weight is 326 g/mol. The molecular weight excluding hydrogens is 315 g/mol. The molecule has 0 bridgehead atoms. The van der Waals surface area contributed by atoms with E-state index in [-0.39, 0.29) is 8.46 Å². The molecule has 3 nitrogen and oxygen atoms in total. The third-order valence-electron chi connectivity index (χ3n) is 3.73. The van der Waals surface area contributed by atoms with Crippen molar-refractivity contribution in [2.24, 2.45) is 0 Å². The number of hydrogen-bond donors (Lipinski definition) is 0. The monoisotopic (exact) mass is 326 g/mol. The van der Waals surface area contributed by atoms with Crippen molar-refractivity contribution in [3.8, 4) is 22.3 Å². The van der Waals surface area contributed by atoms with Crippen LogP contribution in [0.4, 0.5) is 11.4 Å². The first-order valence-corrected chi connectivity index (χ1v) is 8.00. The lowest BCUT2D eigenvalue weighted by atomic mass is 9.94. The first-order valence-electron chi connectivity index (χ1n) is 7.19. The van der Waals surface area contributed by atoms with E-state index < -0.39 is 0 Å². The molecule has 0 spiro atoms. The van der Waals surface area contributed by atoms with Crippen LogP contribution in [-0.4, -0.2) is 0 Å². The van der Waals surface area contributed by atoms with Gasteiger partial charge >= 0.3 is 0 Å². The Morgan fingerprint density at radius 2 is 1.25 bits per heavy atom. The van der Waals surface area contributed by atoms with Gasteiger partial charge in [0.2, 0.25) is 0 Å². The van der Waals surface area contributed by atoms with E-state index in [9.17, 15) is 4.57 Å². The first kappa shape index (κ1) is 15.6. The molecule has 0 N–H and O–H groups in total. The average Bonchev–Trinajstić information content (AvgIpc) is 2.67. The second kappa shape index (κ2) is 6.88. The van der Waals surface area contributed by atoms with Crippen LogP contribution in [0.1, 0.15) is 0 Å². The summed E-state index contributed by atoms with van der Waals surface area (Å²) >= 11 is 0. The van der Waals surface area contributed by atoms with Gasteiger partial charge in [-0.1, -0.05) is 60.7 Å². The third kappa shape index (κ3) is 2.95. The maximum Gasteiger partial charge on any atom is 0.192 e. The fourth-order valence-electron chi connectivity index (χ4n) is 2.58. The molecule has 0 heterocycles. The second-order valence-electron chi connectivity index (χ2n) is 5.11. The Kier molecular flexibility index (Phi) is 4.48. The minimum Gasteiger partial charge on any atom is -0.269 e. The summed E-state index contributed by atoms with van der Waals surface area (Å²) in [4.78, 5) is 6.82. The van der Waals surface area contributed by atoms with E-state index in [0.29, 0.717) is 16.7 Å². The van der Waals surface area contributed by atoms with Crippen LogP contribution < -0.4 is 5.30 Å². The summed E-state index contributed by atoms with van der Waals surface area (Å²) in [6, 6.07) is 20.3. The fourth-order valence-corrected chi connectivity index (χ4v) is 3.07. The summed E-state index contributed by atoms with van der Waals surface area (Å²) in [5.74, 6) is 0. The Bertz CT molecular complexity index is 978. The predicted molar refractivity (Wildman–Crippen MR) is 97.1 cm³/mol. The van der Waals surface area contributed by atoms with Gasteiger partial charge in [-0.05, 0) is 22.8 Å². The van der Waals surface area contributed by atoms with Gasteiger partial charge in [0.25, 0.3) is 0 Å². The smallest absolute Gasteiger partial charge is 0.192 e. The van der Waals surface area contributed by atoms with Gasteiger partial charge in [-0.3, -0.25) is 4.57 Å². The van der Waals surface area contributed by atoms with E-state index in [1.54, 1.807) is 24.3 Å². The molecule has 0 aliphatic carbocycles. The van der Waals surface area contributed by atoms with Crippen molar-refractivity contribution >= 4 is 25.1 Å². The Hall–Kier alpha value is -3.26. The van der Waals surface area contributed by atoms with Gasteiger partial charge < -0.3 is 0 Å². The molecule has 0 saturated heterocycles. The third-order valence-corrected chi connectivity index (χ3v) is 4.30. The molecule has 0 fully saturated rings. The standard InChI is InChI=1S/C20H11N2OP/c1-21-16-10-6-14(7-11-16)18-4-3-5-19(24-23)20(18)15-8-12-17(22-2)13-9-15/h3-13H. The van der Waals surface area contributed by atoms with Crippen molar-refractivity contribution in [2.45, 2.75) is 0 Å². The molecule has 24 heavy (non-hydrogen) atoms. The van der Waals surface area contributed by atoms with Crippen LogP contribution in [0.2, 0.25) is 0 Å². The summed E-state index contributed by atoms with van der Waals surface area (Å²) in [7, 11) is -0.0552. The molecule has 0 unspecified atom stereocenters. The van der Waals surface area contributed by atoms with Gasteiger partial charge in [0.15, 0.2) is 19.8 Å². The summed E-state index contributed by atoms with van der Waals surface area (Å²) in [5, 5.41) is 0.692. The second-order valence-corrected chi connectivity index (χ2v) is 5.77. The van der Waals surface area contributed by atoms with Gasteiger partial charge in [0, 0.05) is 5.56 Å². The highest BCUT2D eigenvalue weighted by Crippen LogP contribution is 2.34. The van der Waals surface area contributed by atoms with Crippen molar-refractivity contribution in [1.29, 1.82) is 0 Å². The van der Waals surface area contributed by atoms with E-state index in [0.717, 1.165) is 22.3 Å². The SMILES string of the molecule is [C-]#[N+]c1ccc(-c2cccc(P=O)c2-c2ccc([N+]#[C-])cc2)cc1. The molecular formula is C20H11N2OP. The van der Waals surface area contributed by atoms with Crippen LogP contribution >= 0.6 is 8.46 Å². The minimum absolute atomic E-state index is 0.0552. The van der Waals surface area contributed by atoms with Crippen LogP contribution in [0.3, 0.4) is 0 Å². The molecule has 0 saturated carbocycles.